The molecule has 0 radical (unpaired) electrons. The molecule has 4 aromatic rings. The number of benzene rings is 3. The Hall–Kier alpha value is -3.36. The third-order valence-electron chi connectivity index (χ3n) is 4.83. The van der Waals surface area contributed by atoms with Crippen molar-refractivity contribution in [3.05, 3.63) is 76.8 Å². The van der Waals surface area contributed by atoms with E-state index in [0.29, 0.717) is 27.6 Å². The molecule has 0 saturated heterocycles. The van der Waals surface area contributed by atoms with E-state index in [1.165, 1.54) is 12.1 Å². The second-order valence-electron chi connectivity index (χ2n) is 7.08. The Kier molecular flexibility index (Phi) is 5.43. The monoisotopic (exact) mass is 454 g/mol. The molecule has 0 saturated carbocycles. The molecular weight excluding hydrogens is 436 g/mol. The fraction of sp³-hybridized carbons (Fsp3) is 0.0909. The molecule has 1 aromatic heterocycles. The van der Waals surface area contributed by atoms with E-state index in [2.05, 4.69) is 19.9 Å². The molecule has 0 amide bonds. The molecule has 1 heterocycles. The number of nitrogens with zero attached hydrogens (tertiary/aromatic N) is 2. The lowest BCUT2D eigenvalue weighted by atomic mass is 10.1. The molecule has 0 atom stereocenters. The molecule has 7 nitrogen and oxygen atoms in total. The summed E-state index contributed by atoms with van der Waals surface area (Å²) in [7, 11) is -3.77. The maximum Gasteiger partial charge on any atom is 0.261 e. The number of hydrogen-bond donors (Lipinski definition) is 3. The maximum atomic E-state index is 12.7. The van der Waals surface area contributed by atoms with Gasteiger partial charge >= 0.3 is 0 Å². The third kappa shape index (κ3) is 4.26. The minimum atomic E-state index is -3.77. The number of aromatic nitrogens is 1. The molecule has 0 unspecified atom stereocenters. The second-order valence-corrected chi connectivity index (χ2v) is 9.20. The molecule has 3 N–H and O–H groups in total. The third-order valence-corrected chi connectivity index (χ3v) is 6.46. The number of H-pyrrole nitrogens is 1. The van der Waals surface area contributed by atoms with Gasteiger partial charge in [-0.05, 0) is 67.4 Å². The van der Waals surface area contributed by atoms with Crippen molar-refractivity contribution in [2.75, 3.05) is 4.72 Å². The summed E-state index contributed by atoms with van der Waals surface area (Å²) < 4.78 is 27.9. The number of para-hydroxylation sites is 1. The SMILES string of the molecule is Cc1cc(S(=O)(=O)Nc2ccc(Cl)cc2)ccc1N=Nc1c(O)[nH]c2c(C)cccc12. The van der Waals surface area contributed by atoms with Gasteiger partial charge in [-0.3, -0.25) is 4.72 Å². The van der Waals surface area contributed by atoms with Crippen molar-refractivity contribution in [2.45, 2.75) is 18.7 Å². The van der Waals surface area contributed by atoms with Gasteiger partial charge in [-0.15, -0.1) is 5.11 Å². The van der Waals surface area contributed by atoms with E-state index in [1.807, 2.05) is 25.1 Å². The standard InChI is InChI=1S/C22H19ClN4O3S/c1-13-4-3-5-18-20(13)24-22(28)21(18)26-25-19-11-10-17(12-14(19)2)31(29,30)27-16-8-6-15(23)7-9-16/h3-12,24,27-28H,1-2H3. The van der Waals surface area contributed by atoms with Crippen molar-refractivity contribution < 1.29 is 13.5 Å². The predicted octanol–water partition coefficient (Wildman–Crippen LogP) is 6.36. The van der Waals surface area contributed by atoms with Crippen LogP contribution in [0.3, 0.4) is 0 Å². The van der Waals surface area contributed by atoms with Crippen molar-refractivity contribution in [3.8, 4) is 5.88 Å². The summed E-state index contributed by atoms with van der Waals surface area (Å²) >= 11 is 5.84. The number of azo groups is 1. The number of anilines is 1. The van der Waals surface area contributed by atoms with Crippen LogP contribution >= 0.6 is 11.6 Å². The largest absolute Gasteiger partial charge is 0.493 e. The van der Waals surface area contributed by atoms with Crippen molar-refractivity contribution in [1.82, 2.24) is 4.98 Å². The van der Waals surface area contributed by atoms with E-state index in [0.717, 1.165) is 16.5 Å². The smallest absolute Gasteiger partial charge is 0.261 e. The number of hydrogen-bond acceptors (Lipinski definition) is 5. The van der Waals surface area contributed by atoms with Crippen molar-refractivity contribution in [2.24, 2.45) is 10.2 Å². The number of halogens is 1. The average Bonchev–Trinajstić information content (AvgIpc) is 3.05. The van der Waals surface area contributed by atoms with Gasteiger partial charge in [0.2, 0.25) is 5.88 Å². The predicted molar refractivity (Wildman–Crippen MR) is 122 cm³/mol. The number of aromatic hydroxyl groups is 1. The lowest BCUT2D eigenvalue weighted by molar-refractivity contribution is 0.459. The fourth-order valence-electron chi connectivity index (χ4n) is 3.18. The Morgan fingerprint density at radius 1 is 0.968 bits per heavy atom. The van der Waals surface area contributed by atoms with Gasteiger partial charge in [-0.25, -0.2) is 8.42 Å². The number of aryl methyl sites for hydroxylation is 2. The highest BCUT2D eigenvalue weighted by Crippen LogP contribution is 2.37. The van der Waals surface area contributed by atoms with Crippen molar-refractivity contribution >= 4 is 49.6 Å². The summed E-state index contributed by atoms with van der Waals surface area (Å²) in [6.07, 6.45) is 0. The molecule has 0 spiro atoms. The summed E-state index contributed by atoms with van der Waals surface area (Å²) in [5, 5.41) is 19.9. The highest BCUT2D eigenvalue weighted by atomic mass is 35.5. The minimum Gasteiger partial charge on any atom is -0.493 e. The topological polar surface area (TPSA) is 107 Å². The van der Waals surface area contributed by atoms with Gasteiger partial charge in [0.15, 0.2) is 5.69 Å². The summed E-state index contributed by atoms with van der Waals surface area (Å²) in [6.45, 7) is 3.68. The van der Waals surface area contributed by atoms with Crippen LogP contribution in [0.2, 0.25) is 5.02 Å². The summed E-state index contributed by atoms with van der Waals surface area (Å²) in [4.78, 5) is 3.01. The Bertz CT molecular complexity index is 1410. The molecule has 0 aliphatic heterocycles. The Balaban J connectivity index is 1.62. The van der Waals surface area contributed by atoms with E-state index < -0.39 is 10.0 Å². The highest BCUT2D eigenvalue weighted by Gasteiger charge is 2.16. The van der Waals surface area contributed by atoms with Crippen LogP contribution in [0.25, 0.3) is 10.9 Å². The maximum absolute atomic E-state index is 12.7. The lowest BCUT2D eigenvalue weighted by Gasteiger charge is -2.09. The molecule has 3 aromatic carbocycles. The lowest BCUT2D eigenvalue weighted by Crippen LogP contribution is -2.12. The number of aromatic amines is 1. The Labute approximate surface area is 184 Å². The van der Waals surface area contributed by atoms with Gasteiger partial charge < -0.3 is 10.1 Å². The van der Waals surface area contributed by atoms with Crippen LogP contribution in [0, 0.1) is 13.8 Å². The number of rotatable bonds is 5. The molecule has 0 bridgehead atoms. The van der Waals surface area contributed by atoms with Crippen LogP contribution in [-0.2, 0) is 10.0 Å². The van der Waals surface area contributed by atoms with Crippen LogP contribution in [0.1, 0.15) is 11.1 Å². The summed E-state index contributed by atoms with van der Waals surface area (Å²) in [5.74, 6) is -0.0722. The van der Waals surface area contributed by atoms with E-state index >= 15 is 0 Å². The quantitative estimate of drug-likeness (QED) is 0.305. The molecule has 4 rings (SSSR count). The van der Waals surface area contributed by atoms with Crippen LogP contribution in [-0.4, -0.2) is 18.5 Å². The molecule has 31 heavy (non-hydrogen) atoms. The van der Waals surface area contributed by atoms with E-state index in [-0.39, 0.29) is 10.8 Å². The minimum absolute atomic E-state index is 0.0722. The zero-order valence-corrected chi connectivity index (χ0v) is 18.3. The van der Waals surface area contributed by atoms with Crippen molar-refractivity contribution in [1.29, 1.82) is 0 Å². The second kappa shape index (κ2) is 8.05. The van der Waals surface area contributed by atoms with Gasteiger partial charge in [-0.2, -0.15) is 5.11 Å². The molecule has 158 valence electrons. The number of sulfonamides is 1. The first-order chi connectivity index (χ1) is 14.7. The summed E-state index contributed by atoms with van der Waals surface area (Å²) in [5.41, 5.74) is 3.63. The first-order valence-corrected chi connectivity index (χ1v) is 11.2. The number of nitrogens with one attached hydrogen (secondary N) is 2. The zero-order chi connectivity index (χ0) is 22.2. The van der Waals surface area contributed by atoms with Crippen LogP contribution in [0.15, 0.2) is 75.8 Å². The van der Waals surface area contributed by atoms with Crippen LogP contribution in [0.5, 0.6) is 5.88 Å². The van der Waals surface area contributed by atoms with Gasteiger partial charge in [0, 0.05) is 16.1 Å². The van der Waals surface area contributed by atoms with E-state index in [1.54, 1.807) is 37.3 Å². The Morgan fingerprint density at radius 3 is 2.42 bits per heavy atom. The van der Waals surface area contributed by atoms with Gasteiger partial charge in [-0.1, -0.05) is 29.8 Å². The van der Waals surface area contributed by atoms with Gasteiger partial charge in [0.05, 0.1) is 16.1 Å². The first kappa shape index (κ1) is 20.9. The average molecular weight is 455 g/mol. The molecule has 0 aliphatic carbocycles. The molecule has 0 aliphatic rings. The van der Waals surface area contributed by atoms with E-state index in [9.17, 15) is 13.5 Å². The normalized spacial score (nSPS) is 12.0. The number of fused-ring (bicyclic) bond motifs is 1. The van der Waals surface area contributed by atoms with Crippen LogP contribution in [0.4, 0.5) is 17.1 Å². The molecular formula is C22H19ClN4O3S. The fourth-order valence-corrected chi connectivity index (χ4v) is 4.45. The molecule has 0 fully saturated rings. The van der Waals surface area contributed by atoms with Crippen molar-refractivity contribution in [3.63, 3.8) is 0 Å². The zero-order valence-electron chi connectivity index (χ0n) is 16.7. The highest BCUT2D eigenvalue weighted by molar-refractivity contribution is 7.92. The Morgan fingerprint density at radius 2 is 1.71 bits per heavy atom. The molecule has 9 heteroatoms. The van der Waals surface area contributed by atoms with E-state index in [4.69, 9.17) is 11.6 Å². The first-order valence-electron chi connectivity index (χ1n) is 9.35. The summed E-state index contributed by atoms with van der Waals surface area (Å²) in [6, 6.07) is 16.6. The van der Waals surface area contributed by atoms with Crippen LogP contribution < -0.4 is 4.72 Å². The van der Waals surface area contributed by atoms with Gasteiger partial charge in [0.1, 0.15) is 0 Å². The van der Waals surface area contributed by atoms with Gasteiger partial charge in [0.25, 0.3) is 10.0 Å².